The Morgan fingerprint density at radius 1 is 1.29 bits per heavy atom. The average Bonchev–Trinajstić information content (AvgIpc) is 2.44. The Morgan fingerprint density at radius 2 is 2.05 bits per heavy atom. The Kier molecular flexibility index (Phi) is 6.05. The highest BCUT2D eigenvalue weighted by atomic mass is 127. The van der Waals surface area contributed by atoms with E-state index in [0.29, 0.717) is 17.1 Å². The van der Waals surface area contributed by atoms with Gasteiger partial charge in [-0.3, -0.25) is 4.79 Å². The second-order valence-corrected chi connectivity index (χ2v) is 6.92. The largest absolute Gasteiger partial charge is 0.326 e. The van der Waals surface area contributed by atoms with E-state index in [1.54, 1.807) is 18.2 Å². The molecular formula is C16H15FINOS. The summed E-state index contributed by atoms with van der Waals surface area (Å²) >= 11 is 3.59. The molecule has 2 rings (SSSR count). The number of hydrogen-bond donors (Lipinski definition) is 1. The number of carbonyl (C=O) groups is 1. The first-order valence-corrected chi connectivity index (χ1v) is 8.56. The van der Waals surface area contributed by atoms with Gasteiger partial charge in [-0.2, -0.15) is 0 Å². The van der Waals surface area contributed by atoms with Gasteiger partial charge in [0, 0.05) is 26.3 Å². The molecule has 0 saturated heterocycles. The van der Waals surface area contributed by atoms with Crippen LogP contribution >= 0.6 is 34.4 Å². The van der Waals surface area contributed by atoms with Crippen LogP contribution in [0.25, 0.3) is 0 Å². The van der Waals surface area contributed by atoms with Gasteiger partial charge in [-0.05, 0) is 65.4 Å². The molecule has 0 radical (unpaired) electrons. The highest BCUT2D eigenvalue weighted by molar-refractivity contribution is 14.1. The highest BCUT2D eigenvalue weighted by Crippen LogP contribution is 2.22. The van der Waals surface area contributed by atoms with Crippen molar-refractivity contribution in [3.8, 4) is 0 Å². The van der Waals surface area contributed by atoms with Gasteiger partial charge in [-0.25, -0.2) is 4.39 Å². The van der Waals surface area contributed by atoms with E-state index in [2.05, 4.69) is 27.9 Å². The van der Waals surface area contributed by atoms with Crippen molar-refractivity contribution >= 4 is 45.9 Å². The second-order valence-electron chi connectivity index (χ2n) is 4.54. The van der Waals surface area contributed by atoms with Crippen LogP contribution in [0.1, 0.15) is 12.0 Å². The van der Waals surface area contributed by atoms with E-state index in [9.17, 15) is 9.18 Å². The maximum absolute atomic E-state index is 13.4. The van der Waals surface area contributed by atoms with Gasteiger partial charge in [0.15, 0.2) is 0 Å². The maximum atomic E-state index is 13.4. The molecule has 0 aliphatic rings. The third-order valence-electron chi connectivity index (χ3n) is 2.89. The summed E-state index contributed by atoms with van der Waals surface area (Å²) in [4.78, 5) is 12.5. The molecule has 2 aromatic carbocycles. The van der Waals surface area contributed by atoms with Crippen molar-refractivity contribution in [2.45, 2.75) is 18.2 Å². The zero-order valence-corrected chi connectivity index (χ0v) is 14.5. The van der Waals surface area contributed by atoms with Crippen LogP contribution in [0.4, 0.5) is 10.1 Å². The maximum Gasteiger partial charge on any atom is 0.225 e. The van der Waals surface area contributed by atoms with Crippen molar-refractivity contribution in [1.29, 1.82) is 0 Å². The van der Waals surface area contributed by atoms with Gasteiger partial charge in [0.25, 0.3) is 0 Å². The minimum atomic E-state index is -0.239. The highest BCUT2D eigenvalue weighted by Gasteiger charge is 2.07. The second kappa shape index (κ2) is 7.79. The number of benzene rings is 2. The van der Waals surface area contributed by atoms with Crippen LogP contribution in [-0.2, 0) is 4.79 Å². The predicted molar refractivity (Wildman–Crippen MR) is 94.3 cm³/mol. The molecular weight excluding hydrogens is 400 g/mol. The van der Waals surface area contributed by atoms with Crippen molar-refractivity contribution in [1.82, 2.24) is 0 Å². The fourth-order valence-electron chi connectivity index (χ4n) is 1.80. The molecule has 0 bridgehead atoms. The van der Waals surface area contributed by atoms with Gasteiger partial charge in [0.1, 0.15) is 5.82 Å². The number of rotatable bonds is 5. The van der Waals surface area contributed by atoms with Crippen LogP contribution in [0, 0.1) is 16.3 Å². The molecule has 0 aliphatic carbocycles. The topological polar surface area (TPSA) is 29.1 Å². The Bertz CT molecular complexity index is 648. The molecule has 0 saturated carbocycles. The zero-order valence-electron chi connectivity index (χ0n) is 11.5. The Balaban J connectivity index is 1.84. The molecule has 1 N–H and O–H groups in total. The van der Waals surface area contributed by atoms with Crippen LogP contribution < -0.4 is 5.32 Å². The van der Waals surface area contributed by atoms with Crippen LogP contribution in [-0.4, -0.2) is 11.7 Å². The van der Waals surface area contributed by atoms with Gasteiger partial charge in [0.2, 0.25) is 5.91 Å². The SMILES string of the molecule is Cc1cc(I)ccc1NC(=O)CCSc1ccccc1F. The van der Waals surface area contributed by atoms with Gasteiger partial charge in [-0.15, -0.1) is 11.8 Å². The van der Waals surface area contributed by atoms with E-state index >= 15 is 0 Å². The molecule has 0 unspecified atom stereocenters. The number of thioether (sulfide) groups is 1. The molecule has 1 amide bonds. The molecule has 0 aromatic heterocycles. The number of anilines is 1. The average molecular weight is 415 g/mol. The fraction of sp³-hybridized carbons (Fsp3) is 0.188. The summed E-state index contributed by atoms with van der Waals surface area (Å²) in [6, 6.07) is 12.5. The lowest BCUT2D eigenvalue weighted by Crippen LogP contribution is -2.13. The van der Waals surface area contributed by atoms with Crippen LogP contribution in [0.15, 0.2) is 47.4 Å². The van der Waals surface area contributed by atoms with E-state index in [-0.39, 0.29) is 11.7 Å². The molecule has 5 heteroatoms. The van der Waals surface area contributed by atoms with E-state index in [1.165, 1.54) is 17.8 Å². The summed E-state index contributed by atoms with van der Waals surface area (Å²) in [5.74, 6) is 0.260. The lowest BCUT2D eigenvalue weighted by Gasteiger charge is -2.09. The first-order valence-electron chi connectivity index (χ1n) is 6.49. The van der Waals surface area contributed by atoms with Crippen LogP contribution in [0.5, 0.6) is 0 Å². The normalized spacial score (nSPS) is 10.4. The molecule has 0 spiro atoms. The number of carbonyl (C=O) groups excluding carboxylic acids is 1. The summed E-state index contributed by atoms with van der Waals surface area (Å²) in [6.45, 7) is 1.96. The zero-order chi connectivity index (χ0) is 15.2. The first kappa shape index (κ1) is 16.3. The first-order chi connectivity index (χ1) is 10.1. The number of hydrogen-bond acceptors (Lipinski definition) is 2. The van der Waals surface area contributed by atoms with Gasteiger partial charge in [0.05, 0.1) is 0 Å². The summed E-state index contributed by atoms with van der Waals surface area (Å²) in [6.07, 6.45) is 0.352. The minimum absolute atomic E-state index is 0.0526. The standard InChI is InChI=1S/C16H15FINOS/c1-11-10-12(18)6-7-14(11)19-16(20)8-9-21-15-5-3-2-4-13(15)17/h2-7,10H,8-9H2,1H3,(H,19,20). The number of amides is 1. The van der Waals surface area contributed by atoms with E-state index in [0.717, 1.165) is 14.8 Å². The molecule has 2 aromatic rings. The number of halogens is 2. The van der Waals surface area contributed by atoms with E-state index < -0.39 is 0 Å². The summed E-state index contributed by atoms with van der Waals surface area (Å²) in [5, 5.41) is 2.89. The van der Waals surface area contributed by atoms with Crippen LogP contribution in [0.3, 0.4) is 0 Å². The molecule has 0 aliphatic heterocycles. The smallest absolute Gasteiger partial charge is 0.225 e. The van der Waals surface area contributed by atoms with Crippen molar-refractivity contribution in [3.63, 3.8) is 0 Å². The Morgan fingerprint density at radius 3 is 2.76 bits per heavy atom. The summed E-state index contributed by atoms with van der Waals surface area (Å²) in [7, 11) is 0. The lowest BCUT2D eigenvalue weighted by atomic mass is 10.2. The van der Waals surface area contributed by atoms with Crippen molar-refractivity contribution in [3.05, 3.63) is 57.4 Å². The summed E-state index contributed by atoms with van der Waals surface area (Å²) in [5.41, 5.74) is 1.87. The quantitative estimate of drug-likeness (QED) is 0.558. The third-order valence-corrected chi connectivity index (χ3v) is 4.61. The van der Waals surface area contributed by atoms with Crippen molar-refractivity contribution < 1.29 is 9.18 Å². The minimum Gasteiger partial charge on any atom is -0.326 e. The summed E-state index contributed by atoms with van der Waals surface area (Å²) < 4.78 is 14.6. The predicted octanol–water partition coefficient (Wildman–Crippen LogP) is 4.86. The number of aryl methyl sites for hydroxylation is 1. The molecule has 0 fully saturated rings. The lowest BCUT2D eigenvalue weighted by molar-refractivity contribution is -0.115. The fourth-order valence-corrected chi connectivity index (χ4v) is 3.33. The monoisotopic (exact) mass is 415 g/mol. The van der Waals surface area contributed by atoms with Gasteiger partial charge < -0.3 is 5.32 Å². The Hall–Kier alpha value is -1.08. The van der Waals surface area contributed by atoms with Gasteiger partial charge in [-0.1, -0.05) is 12.1 Å². The van der Waals surface area contributed by atoms with Crippen molar-refractivity contribution in [2.75, 3.05) is 11.1 Å². The Labute approximate surface area is 141 Å². The third kappa shape index (κ3) is 5.00. The molecule has 110 valence electrons. The molecule has 2 nitrogen and oxygen atoms in total. The van der Waals surface area contributed by atoms with E-state index in [4.69, 9.17) is 0 Å². The van der Waals surface area contributed by atoms with Crippen LogP contribution in [0.2, 0.25) is 0 Å². The molecule has 0 atom stereocenters. The molecule has 0 heterocycles. The molecule has 21 heavy (non-hydrogen) atoms. The van der Waals surface area contributed by atoms with Gasteiger partial charge >= 0.3 is 0 Å². The van der Waals surface area contributed by atoms with Crippen molar-refractivity contribution in [2.24, 2.45) is 0 Å². The number of nitrogens with one attached hydrogen (secondary N) is 1. The van der Waals surface area contributed by atoms with E-state index in [1.807, 2.05) is 25.1 Å².